The second-order valence-corrected chi connectivity index (χ2v) is 17.3. The normalized spacial score (nSPS) is 41.0. The molecule has 3 aliphatic heterocycles. The zero-order chi connectivity index (χ0) is 42.2. The van der Waals surface area contributed by atoms with Crippen molar-refractivity contribution in [3.63, 3.8) is 0 Å². The number of rotatable bonds is 7. The van der Waals surface area contributed by atoms with Crippen molar-refractivity contribution in [2.24, 2.45) is 29.6 Å². The number of fused-ring (bicyclic) bond motifs is 3. The van der Waals surface area contributed by atoms with Gasteiger partial charge in [-0.05, 0) is 95.5 Å². The van der Waals surface area contributed by atoms with Crippen LogP contribution in [-0.4, -0.2) is 126 Å². The molecule has 13 nitrogen and oxygen atoms in total. The molecule has 1 aliphatic carbocycles. The fraction of sp³-hybridized carbons (Fsp3) is 0.773. The number of carbonyl (C=O) groups excluding carboxylic acids is 4. The molecule has 0 aromatic heterocycles. The Kier molecular flexibility index (Phi) is 17.2. The van der Waals surface area contributed by atoms with Crippen LogP contribution in [0.15, 0.2) is 36.0 Å². The lowest BCUT2D eigenvalue weighted by Gasteiger charge is -2.47. The summed E-state index contributed by atoms with van der Waals surface area (Å²) in [5, 5.41) is 34.1. The number of hydrogen-bond donors (Lipinski definition) is 3. The third kappa shape index (κ3) is 11.3. The van der Waals surface area contributed by atoms with Crippen molar-refractivity contribution >= 4 is 23.4 Å². The molecule has 322 valence electrons. The van der Waals surface area contributed by atoms with Crippen LogP contribution in [0.25, 0.3) is 0 Å². The van der Waals surface area contributed by atoms with Crippen LogP contribution >= 0.6 is 0 Å². The van der Waals surface area contributed by atoms with Crippen molar-refractivity contribution in [3.8, 4) is 0 Å². The van der Waals surface area contributed by atoms with Gasteiger partial charge in [0.15, 0.2) is 0 Å². The lowest BCUT2D eigenvalue weighted by atomic mass is 9.81. The smallest absolute Gasteiger partial charge is 0.329 e. The van der Waals surface area contributed by atoms with Gasteiger partial charge in [0.25, 0.3) is 11.7 Å². The van der Waals surface area contributed by atoms with E-state index in [-0.39, 0.29) is 49.5 Å². The van der Waals surface area contributed by atoms with Crippen molar-refractivity contribution in [2.45, 2.75) is 160 Å². The van der Waals surface area contributed by atoms with Crippen LogP contribution in [0, 0.1) is 29.6 Å². The first-order valence-electron chi connectivity index (χ1n) is 20.9. The molecule has 1 saturated carbocycles. The Labute approximate surface area is 339 Å². The Morgan fingerprint density at radius 1 is 0.930 bits per heavy atom. The molecule has 57 heavy (non-hydrogen) atoms. The van der Waals surface area contributed by atoms with Crippen LogP contribution in [0.1, 0.15) is 105 Å². The predicted molar refractivity (Wildman–Crippen MR) is 213 cm³/mol. The number of aliphatic hydroxyl groups excluding tert-OH is 2. The lowest BCUT2D eigenvalue weighted by molar-refractivity contribution is -0.302. The van der Waals surface area contributed by atoms with Gasteiger partial charge in [-0.2, -0.15) is 0 Å². The Morgan fingerprint density at radius 3 is 2.25 bits per heavy atom. The summed E-state index contributed by atoms with van der Waals surface area (Å²) in [4.78, 5) is 57.8. The molecule has 2 bridgehead atoms. The quantitative estimate of drug-likeness (QED) is 0.185. The molecule has 4 rings (SSSR count). The van der Waals surface area contributed by atoms with E-state index in [1.54, 1.807) is 27.0 Å². The highest BCUT2D eigenvalue weighted by molar-refractivity contribution is 6.39. The van der Waals surface area contributed by atoms with Crippen molar-refractivity contribution < 1.29 is 58.2 Å². The van der Waals surface area contributed by atoms with Gasteiger partial charge < -0.3 is 43.9 Å². The third-order valence-electron chi connectivity index (χ3n) is 12.9. The molecule has 1 amide bonds. The van der Waals surface area contributed by atoms with Gasteiger partial charge in [-0.1, -0.05) is 44.6 Å². The Hall–Kier alpha value is -2.78. The van der Waals surface area contributed by atoms with Crippen LogP contribution in [0.3, 0.4) is 0 Å². The minimum Gasteiger partial charge on any atom is -0.456 e. The van der Waals surface area contributed by atoms with Gasteiger partial charge in [0.2, 0.25) is 5.79 Å². The van der Waals surface area contributed by atoms with Crippen molar-refractivity contribution in [3.05, 3.63) is 36.0 Å². The molecule has 2 saturated heterocycles. The van der Waals surface area contributed by atoms with E-state index in [0.717, 1.165) is 5.57 Å². The maximum atomic E-state index is 14.3. The second-order valence-electron chi connectivity index (χ2n) is 17.3. The van der Waals surface area contributed by atoms with Gasteiger partial charge in [0, 0.05) is 52.0 Å². The van der Waals surface area contributed by atoms with Crippen LogP contribution < -0.4 is 0 Å². The molecule has 0 spiro atoms. The van der Waals surface area contributed by atoms with Gasteiger partial charge in [0.1, 0.15) is 24.0 Å². The maximum Gasteiger partial charge on any atom is 0.329 e. The molecule has 0 aromatic rings. The second kappa shape index (κ2) is 21.0. The number of piperidine rings is 1. The highest BCUT2D eigenvalue weighted by Gasteiger charge is 2.56. The molecule has 4 aliphatic rings. The fourth-order valence-corrected chi connectivity index (χ4v) is 9.42. The molecule has 13 heteroatoms. The summed E-state index contributed by atoms with van der Waals surface area (Å²) in [6.07, 6.45) is 4.93. The first-order chi connectivity index (χ1) is 27.0. The first kappa shape index (κ1) is 46.9. The average Bonchev–Trinajstić information content (AvgIpc) is 3.18. The number of ketones is 2. The van der Waals surface area contributed by atoms with Gasteiger partial charge in [-0.25, -0.2) is 4.79 Å². The SMILES string of the molecule is C=CC[C@H]1/C=C(\C)C[C@@H](C)C[C@@H](OC)[C@@H]2O[C@](O)(C(=O)C(=O)N3CCCC[C@@H]3C(=O)O[C@@H](/C(C)=C/[C@H]3CC[C@H](O)[C@@H](OC)C3)[C@@H](C)[C@H](O)CC1=O)[C@@H](C)C[C@H]2OC. The molecule has 3 N–H and O–H groups in total. The molecular weight excluding hydrogens is 734 g/mol. The number of cyclic esters (lactones) is 1. The van der Waals surface area contributed by atoms with Gasteiger partial charge in [0.05, 0.1) is 30.5 Å². The molecule has 0 unspecified atom stereocenters. The Morgan fingerprint density at radius 2 is 1.60 bits per heavy atom. The number of aliphatic hydroxyl groups is 3. The van der Waals surface area contributed by atoms with Gasteiger partial charge in [-0.15, -0.1) is 6.58 Å². The molecular formula is C44H69NO12. The van der Waals surface area contributed by atoms with Crippen LogP contribution in [0.5, 0.6) is 0 Å². The average molecular weight is 804 g/mol. The minimum absolute atomic E-state index is 0.00988. The van der Waals surface area contributed by atoms with E-state index in [9.17, 15) is 34.5 Å². The van der Waals surface area contributed by atoms with Gasteiger partial charge >= 0.3 is 5.97 Å². The van der Waals surface area contributed by atoms with E-state index in [4.69, 9.17) is 23.7 Å². The van der Waals surface area contributed by atoms with Crippen LogP contribution in [-0.2, 0) is 42.9 Å². The molecule has 3 fully saturated rings. The van der Waals surface area contributed by atoms with Crippen molar-refractivity contribution in [2.75, 3.05) is 27.9 Å². The number of amides is 1. The molecule has 3 heterocycles. The minimum atomic E-state index is -2.51. The van der Waals surface area contributed by atoms with E-state index in [0.29, 0.717) is 56.9 Å². The van der Waals surface area contributed by atoms with E-state index in [2.05, 4.69) is 6.58 Å². The number of nitrogens with zero attached hydrogens (tertiary/aromatic N) is 1. The van der Waals surface area contributed by atoms with Gasteiger partial charge in [-0.3, -0.25) is 14.4 Å². The highest BCUT2D eigenvalue weighted by Crippen LogP contribution is 2.39. The molecule has 0 aromatic carbocycles. The standard InChI is InChI=1S/C44H69NO12/c1-10-13-31-19-25(2)18-26(3)20-37(54-8)40-38(55-9)22-28(5)44(52,57-40)41(49)42(50)45-17-12-11-14-32(45)43(51)56-39(29(6)34(47)24-35(31)48)27(4)21-30-15-16-33(46)36(23-30)53-7/h10,19,21,26,28-34,36-40,46-47,52H,1,11-18,20,22-24H2,2-9H3/b25-19+,27-21+/t26-,28+,29+,30-,31+,32-,33+,34-,36+,37-,38-,39+,40+,44+/m1/s1. The molecule has 0 radical (unpaired) electrons. The van der Waals surface area contributed by atoms with Crippen LogP contribution in [0.2, 0.25) is 0 Å². The van der Waals surface area contributed by atoms with E-state index in [1.807, 2.05) is 32.9 Å². The molecule has 14 atom stereocenters. The number of carbonyl (C=O) groups is 4. The zero-order valence-electron chi connectivity index (χ0n) is 35.4. The summed E-state index contributed by atoms with van der Waals surface area (Å²) in [5.41, 5.74) is 1.61. The number of hydrogen-bond acceptors (Lipinski definition) is 12. The summed E-state index contributed by atoms with van der Waals surface area (Å²) < 4.78 is 29.7. The van der Waals surface area contributed by atoms with Crippen molar-refractivity contribution in [1.29, 1.82) is 0 Å². The summed E-state index contributed by atoms with van der Waals surface area (Å²) in [6.45, 7) is 13.1. The summed E-state index contributed by atoms with van der Waals surface area (Å²) in [6, 6.07) is -1.14. The summed E-state index contributed by atoms with van der Waals surface area (Å²) in [5.74, 6) is -7.76. The fourth-order valence-electron chi connectivity index (χ4n) is 9.42. The number of methoxy groups -OCH3 is 3. The summed E-state index contributed by atoms with van der Waals surface area (Å²) in [7, 11) is 4.61. The maximum absolute atomic E-state index is 14.3. The lowest BCUT2D eigenvalue weighted by Crippen LogP contribution is -2.64. The Bertz CT molecular complexity index is 1480. The van der Waals surface area contributed by atoms with E-state index >= 15 is 0 Å². The first-order valence-corrected chi connectivity index (χ1v) is 20.9. The topological polar surface area (TPSA) is 178 Å². The number of ether oxygens (including phenoxy) is 5. The third-order valence-corrected chi connectivity index (χ3v) is 12.9. The number of Topliss-reactive ketones (excluding diaryl/α,β-unsaturated/α-hetero) is 2. The predicted octanol–water partition coefficient (Wildman–Crippen LogP) is 4.64. The number of esters is 1. The monoisotopic (exact) mass is 803 g/mol. The largest absolute Gasteiger partial charge is 0.456 e. The van der Waals surface area contributed by atoms with Crippen molar-refractivity contribution in [1.82, 2.24) is 4.90 Å². The zero-order valence-corrected chi connectivity index (χ0v) is 35.4. The highest BCUT2D eigenvalue weighted by atomic mass is 16.7. The number of allylic oxidation sites excluding steroid dienone is 4. The Balaban J connectivity index is 1.78. The van der Waals surface area contributed by atoms with E-state index in [1.165, 1.54) is 19.1 Å². The summed E-state index contributed by atoms with van der Waals surface area (Å²) >= 11 is 0. The van der Waals surface area contributed by atoms with Crippen LogP contribution in [0.4, 0.5) is 0 Å². The van der Waals surface area contributed by atoms with E-state index < -0.39 is 83.9 Å².